The van der Waals surface area contributed by atoms with E-state index in [-0.39, 0.29) is 23.4 Å². The molecule has 3 heterocycles. The second kappa shape index (κ2) is 12.2. The Balaban J connectivity index is 1.35. The number of benzene rings is 2. The summed E-state index contributed by atoms with van der Waals surface area (Å²) in [5.41, 5.74) is 3.29. The highest BCUT2D eigenvalue weighted by Crippen LogP contribution is 2.35. The first-order valence-electron chi connectivity index (χ1n) is 13.7. The van der Waals surface area contributed by atoms with Gasteiger partial charge in [-0.3, -0.25) is 9.69 Å². The van der Waals surface area contributed by atoms with E-state index >= 15 is 0 Å². The molecule has 1 fully saturated rings. The number of fused-ring (bicyclic) bond motifs is 1. The summed E-state index contributed by atoms with van der Waals surface area (Å²) in [6.45, 7) is 8.19. The van der Waals surface area contributed by atoms with Crippen LogP contribution in [0.5, 0.6) is 0 Å². The number of hydrogen-bond acceptors (Lipinski definition) is 6. The van der Waals surface area contributed by atoms with Crippen LogP contribution in [-0.2, 0) is 12.7 Å². The van der Waals surface area contributed by atoms with E-state index in [0.29, 0.717) is 35.6 Å². The van der Waals surface area contributed by atoms with Crippen LogP contribution in [0.25, 0.3) is 11.0 Å². The number of rotatable bonds is 6. The number of H-pyrrole nitrogens is 1. The first kappa shape index (κ1) is 29.1. The number of alkyl halides is 3. The van der Waals surface area contributed by atoms with Crippen molar-refractivity contribution in [3.63, 3.8) is 0 Å². The Morgan fingerprint density at radius 1 is 1.02 bits per heavy atom. The molecular formula is C31H32F3N7O. The topological polar surface area (TPSA) is 89.2 Å². The SMILES string of the molecule is CCN1CCN(Cc2ccc(NC(=O)c3ccc(C)c(C#Cc4cnc(NC)c5[nH]cnc45)c3)cc2C(F)(F)F)CC1. The Labute approximate surface area is 242 Å². The lowest BCUT2D eigenvalue weighted by atomic mass is 10.0. The Morgan fingerprint density at radius 3 is 2.48 bits per heavy atom. The van der Waals surface area contributed by atoms with Gasteiger partial charge in [-0.05, 0) is 48.9 Å². The van der Waals surface area contributed by atoms with E-state index in [1.807, 2.05) is 11.8 Å². The number of amides is 1. The van der Waals surface area contributed by atoms with Crippen molar-refractivity contribution in [3.8, 4) is 11.8 Å². The Hall–Kier alpha value is -4.40. The third-order valence-electron chi connectivity index (χ3n) is 7.50. The van der Waals surface area contributed by atoms with Crippen molar-refractivity contribution in [2.75, 3.05) is 50.4 Å². The van der Waals surface area contributed by atoms with E-state index in [0.717, 1.165) is 36.8 Å². The van der Waals surface area contributed by atoms with E-state index in [4.69, 9.17) is 0 Å². The quantitative estimate of drug-likeness (QED) is 0.277. The lowest BCUT2D eigenvalue weighted by molar-refractivity contribution is -0.138. The first-order chi connectivity index (χ1) is 20.2. The summed E-state index contributed by atoms with van der Waals surface area (Å²) in [5, 5.41) is 5.63. The Bertz CT molecular complexity index is 1660. The molecule has 1 amide bonds. The molecule has 3 N–H and O–H groups in total. The van der Waals surface area contributed by atoms with Crippen molar-refractivity contribution in [1.29, 1.82) is 0 Å². The van der Waals surface area contributed by atoms with Gasteiger partial charge >= 0.3 is 6.18 Å². The van der Waals surface area contributed by atoms with Gasteiger partial charge in [-0.15, -0.1) is 0 Å². The van der Waals surface area contributed by atoms with Crippen molar-refractivity contribution in [1.82, 2.24) is 24.8 Å². The number of aromatic amines is 1. The molecule has 0 aliphatic carbocycles. The molecule has 0 spiro atoms. The molecule has 2 aromatic heterocycles. The average Bonchev–Trinajstić information content (AvgIpc) is 3.48. The van der Waals surface area contributed by atoms with Gasteiger partial charge in [-0.25, -0.2) is 9.97 Å². The molecule has 42 heavy (non-hydrogen) atoms. The van der Waals surface area contributed by atoms with Gasteiger partial charge in [0.05, 0.1) is 17.5 Å². The maximum Gasteiger partial charge on any atom is 0.416 e. The summed E-state index contributed by atoms with van der Waals surface area (Å²) in [7, 11) is 1.77. The van der Waals surface area contributed by atoms with Crippen molar-refractivity contribution in [2.45, 2.75) is 26.6 Å². The third-order valence-corrected chi connectivity index (χ3v) is 7.50. The average molecular weight is 576 g/mol. The van der Waals surface area contributed by atoms with E-state index in [9.17, 15) is 18.0 Å². The fraction of sp³-hybridized carbons (Fsp3) is 0.323. The molecule has 0 unspecified atom stereocenters. The number of nitrogens with one attached hydrogen (secondary N) is 3. The molecule has 1 aliphatic rings. The van der Waals surface area contributed by atoms with Crippen molar-refractivity contribution in [3.05, 3.63) is 82.3 Å². The third kappa shape index (κ3) is 6.40. The van der Waals surface area contributed by atoms with Gasteiger partial charge in [0.15, 0.2) is 5.82 Å². The number of aromatic nitrogens is 3. The lowest BCUT2D eigenvalue weighted by Crippen LogP contribution is -2.45. The number of imidazole rings is 1. The van der Waals surface area contributed by atoms with Gasteiger partial charge < -0.3 is 20.5 Å². The molecule has 0 radical (unpaired) electrons. The van der Waals surface area contributed by atoms with Crippen LogP contribution in [0.15, 0.2) is 48.9 Å². The highest BCUT2D eigenvalue weighted by molar-refractivity contribution is 6.04. The fourth-order valence-corrected chi connectivity index (χ4v) is 5.01. The zero-order valence-corrected chi connectivity index (χ0v) is 23.7. The van der Waals surface area contributed by atoms with E-state index in [2.05, 4.69) is 49.3 Å². The molecule has 0 atom stereocenters. The number of anilines is 2. The summed E-state index contributed by atoms with van der Waals surface area (Å²) in [6.07, 6.45) is -1.35. The number of carbonyl (C=O) groups excluding carboxylic acids is 1. The monoisotopic (exact) mass is 575 g/mol. The van der Waals surface area contributed by atoms with Crippen LogP contribution in [-0.4, -0.2) is 70.4 Å². The predicted molar refractivity (Wildman–Crippen MR) is 157 cm³/mol. The summed E-state index contributed by atoms with van der Waals surface area (Å²) in [5.74, 6) is 6.30. The fourth-order valence-electron chi connectivity index (χ4n) is 5.01. The minimum Gasteiger partial charge on any atom is -0.371 e. The van der Waals surface area contributed by atoms with Crippen LogP contribution in [0.4, 0.5) is 24.7 Å². The molecule has 1 saturated heterocycles. The van der Waals surface area contributed by atoms with Crippen molar-refractivity contribution >= 4 is 28.4 Å². The minimum absolute atomic E-state index is 0.0803. The number of halogens is 3. The molecule has 2 aromatic carbocycles. The molecule has 8 nitrogen and oxygen atoms in total. The van der Waals surface area contributed by atoms with Crippen LogP contribution in [0.2, 0.25) is 0 Å². The van der Waals surface area contributed by atoms with Crippen LogP contribution in [0.3, 0.4) is 0 Å². The maximum atomic E-state index is 14.0. The van der Waals surface area contributed by atoms with Crippen molar-refractivity contribution in [2.24, 2.45) is 0 Å². The molecule has 5 rings (SSSR count). The van der Waals surface area contributed by atoms with Gasteiger partial charge in [0, 0.05) is 62.8 Å². The number of piperazine rings is 1. The largest absolute Gasteiger partial charge is 0.416 e. The van der Waals surface area contributed by atoms with Gasteiger partial charge in [0.25, 0.3) is 5.91 Å². The zero-order valence-electron chi connectivity index (χ0n) is 23.7. The van der Waals surface area contributed by atoms with E-state index in [1.165, 1.54) is 12.1 Å². The minimum atomic E-state index is -4.55. The van der Waals surface area contributed by atoms with Gasteiger partial charge in [0.1, 0.15) is 11.0 Å². The number of likely N-dealkylation sites (N-methyl/N-ethyl adjacent to an activating group) is 1. The molecule has 11 heteroatoms. The Kier molecular flexibility index (Phi) is 8.47. The van der Waals surface area contributed by atoms with Gasteiger partial charge in [-0.2, -0.15) is 13.2 Å². The highest BCUT2D eigenvalue weighted by Gasteiger charge is 2.34. The predicted octanol–water partition coefficient (Wildman–Crippen LogP) is 5.12. The molecule has 0 saturated carbocycles. The highest BCUT2D eigenvalue weighted by atomic mass is 19.4. The normalized spacial score (nSPS) is 14.4. The molecule has 0 bridgehead atoms. The summed E-state index contributed by atoms with van der Waals surface area (Å²) in [4.78, 5) is 29.2. The summed E-state index contributed by atoms with van der Waals surface area (Å²) in [6, 6.07) is 9.01. The summed E-state index contributed by atoms with van der Waals surface area (Å²) < 4.78 is 42.1. The second-order valence-electron chi connectivity index (χ2n) is 10.2. The molecular weight excluding hydrogens is 543 g/mol. The van der Waals surface area contributed by atoms with Crippen LogP contribution >= 0.6 is 0 Å². The number of pyridine rings is 1. The lowest BCUT2D eigenvalue weighted by Gasteiger charge is -2.34. The standard InChI is InChI=1S/C31H32F3N7O/c1-4-40-11-13-41(14-12-40)18-24-9-10-25(16-26(24)31(32,33)34)39-30(42)22-6-5-20(2)21(15-22)7-8-23-17-36-29(35-3)28-27(23)37-19-38-28/h5-6,9-10,15-17,19H,4,11-14,18H2,1-3H3,(H,35,36)(H,37,38)(H,39,42). The zero-order chi connectivity index (χ0) is 29.9. The smallest absolute Gasteiger partial charge is 0.371 e. The maximum absolute atomic E-state index is 14.0. The Morgan fingerprint density at radius 2 is 1.76 bits per heavy atom. The van der Waals surface area contributed by atoms with Crippen LogP contribution in [0, 0.1) is 18.8 Å². The van der Waals surface area contributed by atoms with Gasteiger partial charge in [0.2, 0.25) is 0 Å². The number of aryl methyl sites for hydroxylation is 1. The molecule has 4 aromatic rings. The van der Waals surface area contributed by atoms with Gasteiger partial charge in [-0.1, -0.05) is 30.9 Å². The number of nitrogens with zero attached hydrogens (tertiary/aromatic N) is 4. The molecule has 1 aliphatic heterocycles. The van der Waals surface area contributed by atoms with E-state index in [1.54, 1.807) is 37.8 Å². The van der Waals surface area contributed by atoms with Crippen LogP contribution in [0.1, 0.15) is 45.1 Å². The number of carbonyl (C=O) groups is 1. The van der Waals surface area contributed by atoms with E-state index < -0.39 is 17.6 Å². The summed E-state index contributed by atoms with van der Waals surface area (Å²) >= 11 is 0. The molecule has 218 valence electrons. The van der Waals surface area contributed by atoms with Crippen molar-refractivity contribution < 1.29 is 18.0 Å². The number of hydrogen-bond donors (Lipinski definition) is 3. The first-order valence-corrected chi connectivity index (χ1v) is 13.7. The second-order valence-corrected chi connectivity index (χ2v) is 10.2. The van der Waals surface area contributed by atoms with Crippen LogP contribution < -0.4 is 10.6 Å².